The van der Waals surface area contributed by atoms with Gasteiger partial charge < -0.3 is 14.5 Å². The average molecular weight is 447 g/mol. The molecular formula is C24H26N6O3. The molecule has 0 radical (unpaired) electrons. The van der Waals surface area contributed by atoms with E-state index in [1.54, 1.807) is 26.2 Å². The van der Waals surface area contributed by atoms with Gasteiger partial charge >= 0.3 is 0 Å². The topological polar surface area (TPSA) is 93.5 Å². The van der Waals surface area contributed by atoms with Gasteiger partial charge in [0.1, 0.15) is 12.4 Å². The molecule has 0 aliphatic carbocycles. The molecule has 170 valence electrons. The molecule has 5 rings (SSSR count). The van der Waals surface area contributed by atoms with E-state index < -0.39 is 0 Å². The molecule has 0 unspecified atom stereocenters. The van der Waals surface area contributed by atoms with Crippen LogP contribution in [0.4, 0.5) is 5.69 Å². The van der Waals surface area contributed by atoms with E-state index in [-0.39, 0.29) is 17.6 Å². The smallest absolute Gasteiger partial charge is 0.299 e. The van der Waals surface area contributed by atoms with Gasteiger partial charge in [0.2, 0.25) is 5.91 Å². The maximum Gasteiger partial charge on any atom is 0.299 e. The van der Waals surface area contributed by atoms with Crippen molar-refractivity contribution in [2.45, 2.75) is 39.0 Å². The van der Waals surface area contributed by atoms with Crippen molar-refractivity contribution in [3.63, 3.8) is 0 Å². The lowest BCUT2D eigenvalue weighted by atomic mass is 10.0. The van der Waals surface area contributed by atoms with Crippen molar-refractivity contribution >= 4 is 11.6 Å². The van der Waals surface area contributed by atoms with E-state index in [0.717, 1.165) is 25.9 Å². The molecule has 1 saturated heterocycles. The van der Waals surface area contributed by atoms with Gasteiger partial charge in [0.15, 0.2) is 0 Å². The van der Waals surface area contributed by atoms with E-state index in [2.05, 4.69) is 38.1 Å². The number of aromatic nitrogens is 4. The molecule has 2 aromatic heterocycles. The van der Waals surface area contributed by atoms with Gasteiger partial charge in [-0.25, -0.2) is 9.97 Å². The zero-order valence-electron chi connectivity index (χ0n) is 18.8. The SMILES string of the molecule is CC(=O)N1Cc2ccc(N3CCC(Oc4nc(-c5ccncn5)cc(=O)n4C)CC3)cc2C1. The number of ether oxygens (including phenoxy) is 1. The first-order valence-electron chi connectivity index (χ1n) is 11.1. The third kappa shape index (κ3) is 4.30. The first-order chi connectivity index (χ1) is 16.0. The minimum Gasteiger partial charge on any atom is -0.461 e. The van der Waals surface area contributed by atoms with E-state index >= 15 is 0 Å². The molecule has 9 heteroatoms. The van der Waals surface area contributed by atoms with Crippen molar-refractivity contribution < 1.29 is 9.53 Å². The second kappa shape index (κ2) is 8.65. The molecule has 33 heavy (non-hydrogen) atoms. The lowest BCUT2D eigenvalue weighted by Crippen LogP contribution is -2.39. The highest BCUT2D eigenvalue weighted by Gasteiger charge is 2.25. The summed E-state index contributed by atoms with van der Waals surface area (Å²) in [7, 11) is 1.67. The summed E-state index contributed by atoms with van der Waals surface area (Å²) >= 11 is 0. The summed E-state index contributed by atoms with van der Waals surface area (Å²) in [6.45, 7) is 4.69. The summed E-state index contributed by atoms with van der Waals surface area (Å²) in [5.41, 5.74) is 4.50. The summed E-state index contributed by atoms with van der Waals surface area (Å²) in [4.78, 5) is 41.0. The molecule has 4 heterocycles. The van der Waals surface area contributed by atoms with Crippen molar-refractivity contribution in [1.29, 1.82) is 0 Å². The minimum atomic E-state index is -0.191. The molecule has 0 atom stereocenters. The lowest BCUT2D eigenvalue weighted by Gasteiger charge is -2.33. The maximum atomic E-state index is 12.4. The highest BCUT2D eigenvalue weighted by molar-refractivity contribution is 5.74. The molecule has 0 spiro atoms. The Kier molecular flexibility index (Phi) is 5.53. The van der Waals surface area contributed by atoms with Gasteiger partial charge in [-0.2, -0.15) is 4.98 Å². The molecule has 2 aliphatic heterocycles. The van der Waals surface area contributed by atoms with Crippen molar-refractivity contribution in [2.75, 3.05) is 18.0 Å². The standard InChI is InChI=1S/C24H26N6O3/c1-16(31)30-13-17-3-4-19(11-18(17)14-30)29-9-6-20(7-10-29)33-24-27-22(12-23(32)28(24)2)21-5-8-25-15-26-21/h3-5,8,11-12,15,20H,6-7,9-10,13-14H2,1-2H3. The number of benzene rings is 1. The van der Waals surface area contributed by atoms with Crippen LogP contribution in [0.5, 0.6) is 6.01 Å². The molecule has 3 aromatic rings. The first kappa shape index (κ1) is 21.1. The Morgan fingerprint density at radius 2 is 1.85 bits per heavy atom. The molecular weight excluding hydrogens is 420 g/mol. The summed E-state index contributed by atoms with van der Waals surface area (Å²) in [6.07, 6.45) is 4.67. The molecule has 1 fully saturated rings. The summed E-state index contributed by atoms with van der Waals surface area (Å²) in [6, 6.07) is 9.95. The number of fused-ring (bicyclic) bond motifs is 1. The summed E-state index contributed by atoms with van der Waals surface area (Å²) in [5, 5.41) is 0. The van der Waals surface area contributed by atoms with Crippen LogP contribution < -0.4 is 15.2 Å². The van der Waals surface area contributed by atoms with Crippen molar-refractivity contribution in [3.05, 3.63) is 64.3 Å². The Balaban J connectivity index is 1.26. The average Bonchev–Trinajstić information content (AvgIpc) is 3.27. The third-order valence-electron chi connectivity index (χ3n) is 6.37. The molecule has 1 aromatic carbocycles. The van der Waals surface area contributed by atoms with Gasteiger partial charge in [-0.05, 0) is 29.3 Å². The Hall–Kier alpha value is -3.75. The number of carbonyl (C=O) groups excluding carboxylic acids is 1. The lowest BCUT2D eigenvalue weighted by molar-refractivity contribution is -0.129. The molecule has 0 saturated carbocycles. The zero-order valence-corrected chi connectivity index (χ0v) is 18.8. The van der Waals surface area contributed by atoms with E-state index in [0.29, 0.717) is 30.5 Å². The second-order valence-electron chi connectivity index (χ2n) is 8.55. The summed E-state index contributed by atoms with van der Waals surface area (Å²) in [5.74, 6) is 0.109. The van der Waals surface area contributed by atoms with Crippen LogP contribution >= 0.6 is 0 Å². The first-order valence-corrected chi connectivity index (χ1v) is 11.1. The van der Waals surface area contributed by atoms with E-state index in [9.17, 15) is 9.59 Å². The van der Waals surface area contributed by atoms with E-state index in [1.807, 2.05) is 4.90 Å². The number of piperidine rings is 1. The van der Waals surface area contributed by atoms with Crippen molar-refractivity contribution in [1.82, 2.24) is 24.4 Å². The number of hydrogen-bond acceptors (Lipinski definition) is 7. The predicted molar refractivity (Wildman–Crippen MR) is 123 cm³/mol. The molecule has 9 nitrogen and oxygen atoms in total. The Bertz CT molecular complexity index is 1230. The van der Waals surface area contributed by atoms with Gasteiger partial charge in [-0.3, -0.25) is 14.2 Å². The summed E-state index contributed by atoms with van der Waals surface area (Å²) < 4.78 is 7.59. The molecule has 0 bridgehead atoms. The molecule has 2 aliphatic rings. The van der Waals surface area contributed by atoms with Crippen molar-refractivity contribution in [3.8, 4) is 17.4 Å². The Morgan fingerprint density at radius 3 is 2.58 bits per heavy atom. The molecule has 1 amide bonds. The normalized spacial score (nSPS) is 16.1. The van der Waals surface area contributed by atoms with Gasteiger partial charge in [0, 0.05) is 70.9 Å². The van der Waals surface area contributed by atoms with Crippen LogP contribution in [-0.2, 0) is 24.9 Å². The number of anilines is 1. The van der Waals surface area contributed by atoms with Crippen LogP contribution in [0.1, 0.15) is 30.9 Å². The van der Waals surface area contributed by atoms with Gasteiger partial charge in [-0.1, -0.05) is 6.07 Å². The number of amides is 1. The van der Waals surface area contributed by atoms with E-state index in [4.69, 9.17) is 4.74 Å². The third-order valence-corrected chi connectivity index (χ3v) is 6.37. The fourth-order valence-corrected chi connectivity index (χ4v) is 4.38. The predicted octanol–water partition coefficient (Wildman–Crippen LogP) is 2.15. The molecule has 0 N–H and O–H groups in total. The Morgan fingerprint density at radius 1 is 1.06 bits per heavy atom. The maximum absolute atomic E-state index is 12.4. The van der Waals surface area contributed by atoms with Gasteiger partial charge in [0.05, 0.1) is 11.4 Å². The van der Waals surface area contributed by atoms with Crippen molar-refractivity contribution in [2.24, 2.45) is 7.05 Å². The highest BCUT2D eigenvalue weighted by atomic mass is 16.5. The number of hydrogen-bond donors (Lipinski definition) is 0. The van der Waals surface area contributed by atoms with Crippen LogP contribution in [0.15, 0.2) is 47.7 Å². The minimum absolute atomic E-state index is 0.0253. The number of nitrogens with zero attached hydrogens (tertiary/aromatic N) is 6. The van der Waals surface area contributed by atoms with Crippen LogP contribution in [-0.4, -0.2) is 49.5 Å². The van der Waals surface area contributed by atoms with Gasteiger partial charge in [0.25, 0.3) is 11.6 Å². The fourth-order valence-electron chi connectivity index (χ4n) is 4.38. The second-order valence-corrected chi connectivity index (χ2v) is 8.55. The quantitative estimate of drug-likeness (QED) is 0.606. The highest BCUT2D eigenvalue weighted by Crippen LogP contribution is 2.29. The Labute approximate surface area is 191 Å². The zero-order chi connectivity index (χ0) is 22.9. The van der Waals surface area contributed by atoms with Crippen LogP contribution in [0.2, 0.25) is 0 Å². The van der Waals surface area contributed by atoms with E-state index in [1.165, 1.54) is 33.8 Å². The van der Waals surface area contributed by atoms with Crippen LogP contribution in [0, 0.1) is 0 Å². The van der Waals surface area contributed by atoms with Crippen LogP contribution in [0.3, 0.4) is 0 Å². The van der Waals surface area contributed by atoms with Gasteiger partial charge in [-0.15, -0.1) is 0 Å². The number of rotatable bonds is 4. The number of carbonyl (C=O) groups is 1. The van der Waals surface area contributed by atoms with Crippen LogP contribution in [0.25, 0.3) is 11.4 Å². The largest absolute Gasteiger partial charge is 0.461 e. The monoisotopic (exact) mass is 446 g/mol. The fraction of sp³-hybridized carbons (Fsp3) is 0.375.